The molecule has 2 aromatic rings. The number of carbonyl (C=O) groups excluding carboxylic acids is 2. The predicted octanol–water partition coefficient (Wildman–Crippen LogP) is 4.33. The average Bonchev–Trinajstić information content (AvgIpc) is 2.72. The molecular formula is C15H15ClO3S. The minimum atomic E-state index is -0.547. The van der Waals surface area contributed by atoms with Crippen molar-refractivity contribution in [2.75, 3.05) is 6.61 Å². The van der Waals surface area contributed by atoms with Gasteiger partial charge in [0.2, 0.25) is 0 Å². The molecule has 0 spiro atoms. The van der Waals surface area contributed by atoms with Gasteiger partial charge >= 0.3 is 5.97 Å². The molecular weight excluding hydrogens is 296 g/mol. The number of hydrogen-bond acceptors (Lipinski definition) is 4. The lowest BCUT2D eigenvalue weighted by Crippen LogP contribution is -2.26. The van der Waals surface area contributed by atoms with Gasteiger partial charge in [-0.2, -0.15) is 0 Å². The largest absolute Gasteiger partial charge is 0.453 e. The van der Waals surface area contributed by atoms with Gasteiger partial charge in [0.25, 0.3) is 0 Å². The average molecular weight is 311 g/mol. The fraction of sp³-hybridized carbons (Fsp3) is 0.333. The Kier molecular flexibility index (Phi) is 4.16. The van der Waals surface area contributed by atoms with Gasteiger partial charge in [0, 0.05) is 15.5 Å². The van der Waals surface area contributed by atoms with Gasteiger partial charge in [-0.15, -0.1) is 11.3 Å². The zero-order valence-corrected chi connectivity index (χ0v) is 13.1. The van der Waals surface area contributed by atoms with E-state index in [9.17, 15) is 9.59 Å². The summed E-state index contributed by atoms with van der Waals surface area (Å²) in [5, 5.41) is 1.21. The summed E-state index contributed by atoms with van der Waals surface area (Å²) in [6, 6.07) is 7.49. The van der Waals surface area contributed by atoms with E-state index in [0.29, 0.717) is 9.90 Å². The first kappa shape index (κ1) is 15.0. The van der Waals surface area contributed by atoms with Crippen LogP contribution in [0, 0.1) is 5.41 Å². The first-order valence-electron chi connectivity index (χ1n) is 6.18. The van der Waals surface area contributed by atoms with Crippen LogP contribution in [-0.2, 0) is 9.53 Å². The second-order valence-electron chi connectivity index (χ2n) is 5.49. The van der Waals surface area contributed by atoms with Crippen LogP contribution < -0.4 is 0 Å². The van der Waals surface area contributed by atoms with Gasteiger partial charge in [0.05, 0.1) is 5.02 Å². The molecule has 106 valence electrons. The molecule has 0 saturated carbocycles. The van der Waals surface area contributed by atoms with Gasteiger partial charge < -0.3 is 4.74 Å². The number of carbonyl (C=O) groups is 2. The van der Waals surface area contributed by atoms with E-state index < -0.39 is 11.4 Å². The summed E-state index contributed by atoms with van der Waals surface area (Å²) in [5.41, 5.74) is -0.524. The number of Topliss-reactive ketones (excluding diaryl/α,β-unsaturated/α-hetero) is 1. The lowest BCUT2D eigenvalue weighted by Gasteiger charge is -2.15. The second-order valence-corrected chi connectivity index (χ2v) is 6.92. The van der Waals surface area contributed by atoms with Gasteiger partial charge in [0.1, 0.15) is 4.88 Å². The number of halogens is 1. The Hall–Kier alpha value is -1.39. The molecule has 0 aliphatic heterocycles. The van der Waals surface area contributed by atoms with Crippen LogP contribution in [0.15, 0.2) is 24.3 Å². The Bertz CT molecular complexity index is 667. The van der Waals surface area contributed by atoms with E-state index in [-0.39, 0.29) is 12.4 Å². The van der Waals surface area contributed by atoms with Crippen molar-refractivity contribution >= 4 is 44.8 Å². The number of thiophene rings is 1. The molecule has 3 nitrogen and oxygen atoms in total. The minimum absolute atomic E-state index is 0.122. The third-order valence-corrected chi connectivity index (χ3v) is 4.55. The van der Waals surface area contributed by atoms with Crippen molar-refractivity contribution in [2.24, 2.45) is 5.41 Å². The Morgan fingerprint density at radius 3 is 2.50 bits per heavy atom. The van der Waals surface area contributed by atoms with E-state index in [2.05, 4.69) is 0 Å². The number of esters is 1. The maximum Gasteiger partial charge on any atom is 0.350 e. The smallest absolute Gasteiger partial charge is 0.350 e. The van der Waals surface area contributed by atoms with Crippen molar-refractivity contribution < 1.29 is 14.3 Å². The fourth-order valence-electron chi connectivity index (χ4n) is 1.56. The Morgan fingerprint density at radius 1 is 1.25 bits per heavy atom. The number of fused-ring (bicyclic) bond motifs is 1. The number of benzene rings is 1. The third-order valence-electron chi connectivity index (χ3n) is 2.89. The first-order valence-corrected chi connectivity index (χ1v) is 7.37. The number of ketones is 1. The summed E-state index contributed by atoms with van der Waals surface area (Å²) in [5.74, 6) is -0.670. The molecule has 0 amide bonds. The maximum atomic E-state index is 12.0. The standard InChI is InChI=1S/C15H15ClO3S/c1-15(2,3)11(17)8-19-14(18)13-12(16)9-6-4-5-7-10(9)20-13/h4-7H,8H2,1-3H3. The van der Waals surface area contributed by atoms with Gasteiger partial charge in [-0.25, -0.2) is 4.79 Å². The quantitative estimate of drug-likeness (QED) is 0.793. The highest BCUT2D eigenvalue weighted by molar-refractivity contribution is 7.21. The van der Waals surface area contributed by atoms with Crippen LogP contribution in [0.25, 0.3) is 10.1 Å². The summed E-state index contributed by atoms with van der Waals surface area (Å²) in [6.45, 7) is 5.13. The third kappa shape index (κ3) is 3.02. The van der Waals surface area contributed by atoms with Crippen LogP contribution in [-0.4, -0.2) is 18.4 Å². The Balaban J connectivity index is 2.16. The summed E-state index contributed by atoms with van der Waals surface area (Å²) in [6.07, 6.45) is 0. The zero-order chi connectivity index (χ0) is 14.9. The Morgan fingerprint density at radius 2 is 1.90 bits per heavy atom. The van der Waals surface area contributed by atoms with E-state index in [0.717, 1.165) is 10.1 Å². The van der Waals surface area contributed by atoms with Crippen LogP contribution in [0.3, 0.4) is 0 Å². The lowest BCUT2D eigenvalue weighted by atomic mass is 9.91. The Labute approximate surface area is 126 Å². The summed E-state index contributed by atoms with van der Waals surface area (Å²) in [7, 11) is 0. The molecule has 0 atom stereocenters. The maximum absolute atomic E-state index is 12.0. The molecule has 0 bridgehead atoms. The van der Waals surface area contributed by atoms with E-state index in [1.165, 1.54) is 11.3 Å². The van der Waals surface area contributed by atoms with Crippen molar-refractivity contribution in [2.45, 2.75) is 20.8 Å². The molecule has 0 aliphatic carbocycles. The fourth-order valence-corrected chi connectivity index (χ4v) is 2.96. The van der Waals surface area contributed by atoms with Crippen molar-refractivity contribution in [3.63, 3.8) is 0 Å². The van der Waals surface area contributed by atoms with Gasteiger partial charge in [-0.3, -0.25) is 4.79 Å². The predicted molar refractivity (Wildman–Crippen MR) is 81.6 cm³/mol. The number of hydrogen-bond donors (Lipinski definition) is 0. The van der Waals surface area contributed by atoms with Crippen LogP contribution in [0.5, 0.6) is 0 Å². The number of ether oxygens (including phenoxy) is 1. The van der Waals surface area contributed by atoms with E-state index in [1.54, 1.807) is 20.8 Å². The highest BCUT2D eigenvalue weighted by Gasteiger charge is 2.24. The molecule has 0 aliphatic rings. The molecule has 0 saturated heterocycles. The van der Waals surface area contributed by atoms with Crippen LogP contribution >= 0.6 is 22.9 Å². The molecule has 0 unspecified atom stereocenters. The normalized spacial score (nSPS) is 11.6. The summed E-state index contributed by atoms with van der Waals surface area (Å²) < 4.78 is 5.99. The first-order chi connectivity index (χ1) is 9.30. The molecule has 0 fully saturated rings. The number of rotatable bonds is 3. The van der Waals surface area contributed by atoms with Crippen LogP contribution in [0.2, 0.25) is 5.02 Å². The van der Waals surface area contributed by atoms with Crippen LogP contribution in [0.4, 0.5) is 0 Å². The molecule has 0 radical (unpaired) electrons. The molecule has 1 aromatic carbocycles. The van der Waals surface area contributed by atoms with Gasteiger partial charge in [0.15, 0.2) is 12.4 Å². The molecule has 0 N–H and O–H groups in total. The minimum Gasteiger partial charge on any atom is -0.453 e. The van der Waals surface area contributed by atoms with Gasteiger partial charge in [-0.1, -0.05) is 50.6 Å². The van der Waals surface area contributed by atoms with Gasteiger partial charge in [-0.05, 0) is 6.07 Å². The zero-order valence-electron chi connectivity index (χ0n) is 11.5. The van der Waals surface area contributed by atoms with Crippen molar-refractivity contribution in [1.29, 1.82) is 0 Å². The van der Waals surface area contributed by atoms with E-state index in [1.807, 2.05) is 24.3 Å². The SMILES string of the molecule is CC(C)(C)C(=O)COC(=O)c1sc2ccccc2c1Cl. The van der Waals surface area contributed by atoms with E-state index >= 15 is 0 Å². The summed E-state index contributed by atoms with van der Waals surface area (Å²) >= 11 is 7.46. The lowest BCUT2D eigenvalue weighted by molar-refractivity contribution is -0.129. The molecule has 2 rings (SSSR count). The highest BCUT2D eigenvalue weighted by Crippen LogP contribution is 2.35. The molecule has 1 heterocycles. The molecule has 20 heavy (non-hydrogen) atoms. The highest BCUT2D eigenvalue weighted by atomic mass is 35.5. The molecule has 1 aromatic heterocycles. The topological polar surface area (TPSA) is 43.4 Å². The summed E-state index contributed by atoms with van der Waals surface area (Å²) in [4.78, 5) is 24.1. The van der Waals surface area contributed by atoms with Crippen molar-refractivity contribution in [3.8, 4) is 0 Å². The van der Waals surface area contributed by atoms with Crippen molar-refractivity contribution in [1.82, 2.24) is 0 Å². The monoisotopic (exact) mass is 310 g/mol. The van der Waals surface area contributed by atoms with E-state index in [4.69, 9.17) is 16.3 Å². The van der Waals surface area contributed by atoms with Crippen molar-refractivity contribution in [3.05, 3.63) is 34.2 Å². The second kappa shape index (κ2) is 5.54. The van der Waals surface area contributed by atoms with Crippen LogP contribution in [0.1, 0.15) is 30.4 Å². The molecule has 5 heteroatoms.